The smallest absolute Gasteiger partial charge is 0.451 e. The summed E-state index contributed by atoms with van der Waals surface area (Å²) in [5.41, 5.74) is 12.1. The van der Waals surface area contributed by atoms with Crippen LogP contribution in [-0.2, 0) is 11.2 Å². The summed E-state index contributed by atoms with van der Waals surface area (Å²) in [6, 6.07) is 6.64. The van der Waals surface area contributed by atoms with Crippen molar-refractivity contribution in [3.05, 3.63) is 29.8 Å². The number of aliphatic carboxylic acids is 1. The number of aromatic hydroxyl groups is 1. The summed E-state index contributed by atoms with van der Waals surface area (Å²) in [6.45, 7) is 17.6. The van der Waals surface area contributed by atoms with E-state index in [1.54, 1.807) is 12.1 Å². The quantitative estimate of drug-likeness (QED) is 0.108. The van der Waals surface area contributed by atoms with E-state index in [1.165, 1.54) is 0 Å². The van der Waals surface area contributed by atoms with Crippen LogP contribution in [-0.4, -0.2) is 124 Å². The molecule has 1 heterocycles. The lowest BCUT2D eigenvalue weighted by Gasteiger charge is -2.31. The van der Waals surface area contributed by atoms with Gasteiger partial charge in [-0.3, -0.25) is 4.79 Å². The van der Waals surface area contributed by atoms with Crippen molar-refractivity contribution < 1.29 is 40.2 Å². The molecule has 1 fully saturated rings. The molecule has 0 saturated carbocycles. The third-order valence-electron chi connectivity index (χ3n) is 7.15. The molecule has 0 amide bonds. The lowest BCUT2D eigenvalue weighted by molar-refractivity contribution is -0.138. The van der Waals surface area contributed by atoms with E-state index in [2.05, 4.69) is 16.8 Å². The van der Waals surface area contributed by atoms with Gasteiger partial charge >= 0.3 is 20.2 Å². The number of benzene rings is 1. The van der Waals surface area contributed by atoms with Crippen LogP contribution in [0, 0.1) is 5.92 Å². The van der Waals surface area contributed by atoms with Gasteiger partial charge < -0.3 is 56.7 Å². The van der Waals surface area contributed by atoms with Gasteiger partial charge in [0.1, 0.15) is 11.8 Å². The summed E-state index contributed by atoms with van der Waals surface area (Å²) >= 11 is 0. The maximum Gasteiger partial charge on any atom is 0.451 e. The zero-order valence-electron chi connectivity index (χ0n) is 31.4. The molecule has 0 aliphatic carbocycles. The first kappa shape index (κ1) is 53.1. The van der Waals surface area contributed by atoms with Crippen LogP contribution in [0.3, 0.4) is 0 Å². The van der Waals surface area contributed by atoms with Gasteiger partial charge in [0, 0.05) is 32.8 Å². The highest BCUT2D eigenvalue weighted by Gasteiger charge is 2.20. The standard InChI is InChI=1S/C11H22N2O3.C11H18N2O.2C4H11BO2.2C2H6/c12-10(11(15)16)3-7-13-5-1-9(2-6-13)4-8-14;1-13(8-6-12)7-5-10-3-2-4-11(14)9-10;2*1-2-3-4-5(6)7;2*1-2/h9-10,14H,1-8,12H2,(H,15,16);2-4,9,14H,5-8,12H2,1H3;2*6-7H,2-4H2,1H3;2*1-2H3/t10-;;;;;/m1...../s1. The van der Waals surface area contributed by atoms with Gasteiger partial charge in [-0.25, -0.2) is 0 Å². The molecule has 2 rings (SSSR count). The molecule has 0 spiro atoms. The number of piperidine rings is 1. The lowest BCUT2D eigenvalue weighted by Crippen LogP contribution is -2.39. The van der Waals surface area contributed by atoms with Gasteiger partial charge in [0.05, 0.1) is 0 Å². The molecule has 1 saturated heterocycles. The number of phenols is 1. The summed E-state index contributed by atoms with van der Waals surface area (Å²) in [7, 11) is -0.143. The maximum absolute atomic E-state index is 10.5. The third kappa shape index (κ3) is 38.7. The van der Waals surface area contributed by atoms with Crippen molar-refractivity contribution in [2.75, 3.05) is 52.9 Å². The Balaban J connectivity index is -0.000000275. The van der Waals surface area contributed by atoms with Crippen LogP contribution < -0.4 is 11.5 Å². The molecule has 0 unspecified atom stereocenters. The van der Waals surface area contributed by atoms with Gasteiger partial charge in [0.25, 0.3) is 0 Å². The number of phenolic OH excluding ortho intramolecular Hbond substituents is 1. The number of aliphatic hydroxyl groups is 1. The Morgan fingerprint density at radius 1 is 0.979 bits per heavy atom. The number of carboxylic acids is 1. The molecule has 14 heteroatoms. The highest BCUT2D eigenvalue weighted by atomic mass is 16.4. The van der Waals surface area contributed by atoms with E-state index < -0.39 is 26.2 Å². The molecule has 0 bridgehead atoms. The first-order chi connectivity index (χ1) is 22.9. The van der Waals surface area contributed by atoms with Crippen molar-refractivity contribution in [1.29, 1.82) is 0 Å². The number of aliphatic hydroxyl groups excluding tert-OH is 1. The van der Waals surface area contributed by atoms with Crippen LogP contribution in [0.2, 0.25) is 12.6 Å². The third-order valence-corrected chi connectivity index (χ3v) is 7.15. The van der Waals surface area contributed by atoms with Crippen LogP contribution in [0.15, 0.2) is 24.3 Å². The largest absolute Gasteiger partial charge is 0.508 e. The number of carbonyl (C=O) groups is 1. The number of hydrogen-bond donors (Lipinski definition) is 9. The topological polar surface area (TPSA) is 217 Å². The molecule has 1 aromatic rings. The minimum atomic E-state index is -1.10. The van der Waals surface area contributed by atoms with Crippen LogP contribution in [0.5, 0.6) is 5.75 Å². The molecule has 0 aromatic heterocycles. The highest BCUT2D eigenvalue weighted by molar-refractivity contribution is 6.41. The number of likely N-dealkylation sites (N-methyl/N-ethyl adjacent to an activating group) is 1. The average molecular weight is 689 g/mol. The molecule has 0 radical (unpaired) electrons. The van der Waals surface area contributed by atoms with Crippen molar-refractivity contribution in [3.8, 4) is 5.75 Å². The maximum atomic E-state index is 10.5. The summed E-state index contributed by atoms with van der Waals surface area (Å²) in [5.74, 6) is 0.0496. The molecular formula is C34H74B2N4O8. The van der Waals surface area contributed by atoms with Crippen molar-refractivity contribution in [3.63, 3.8) is 0 Å². The molecular weight excluding hydrogens is 614 g/mol. The zero-order chi connectivity index (χ0) is 37.8. The Hall–Kier alpha value is -1.74. The summed E-state index contributed by atoms with van der Waals surface area (Å²) in [6.07, 6.45) is 9.43. The molecule has 1 aliphatic rings. The van der Waals surface area contributed by atoms with E-state index in [0.717, 1.165) is 89.7 Å². The fraction of sp³-hybridized carbons (Fsp3) is 0.794. The first-order valence-corrected chi connectivity index (χ1v) is 18.1. The molecule has 1 aliphatic heterocycles. The normalized spacial score (nSPS) is 13.0. The molecule has 11 N–H and O–H groups in total. The SMILES string of the molecule is CC.CC.CCCCB(O)O.CCCCB(O)O.CN(CCN)CCc1cccc(O)c1.N[C@H](CCN1CCC(CCO)CC1)C(=O)O. The second-order valence-electron chi connectivity index (χ2n) is 11.3. The molecule has 284 valence electrons. The van der Waals surface area contributed by atoms with E-state index in [-0.39, 0.29) is 6.61 Å². The number of likely N-dealkylation sites (tertiary alicyclic amines) is 1. The molecule has 1 aromatic carbocycles. The van der Waals surface area contributed by atoms with Crippen molar-refractivity contribution in [1.82, 2.24) is 9.80 Å². The Morgan fingerprint density at radius 2 is 1.50 bits per heavy atom. The molecule has 12 nitrogen and oxygen atoms in total. The highest BCUT2D eigenvalue weighted by Crippen LogP contribution is 2.20. The number of carboxylic acid groups (broad SMARTS) is 1. The van der Waals surface area contributed by atoms with Gasteiger partial charge in [-0.15, -0.1) is 0 Å². The van der Waals surface area contributed by atoms with E-state index >= 15 is 0 Å². The summed E-state index contributed by atoms with van der Waals surface area (Å²) in [4.78, 5) is 15.0. The van der Waals surface area contributed by atoms with E-state index in [0.29, 0.717) is 37.3 Å². The predicted octanol–water partition coefficient (Wildman–Crippen LogP) is 3.28. The van der Waals surface area contributed by atoms with Crippen LogP contribution >= 0.6 is 0 Å². The fourth-order valence-corrected chi connectivity index (χ4v) is 4.26. The van der Waals surface area contributed by atoms with Crippen LogP contribution in [0.1, 0.15) is 98.5 Å². The molecule has 48 heavy (non-hydrogen) atoms. The Kier molecular flexibility index (Phi) is 43.9. The van der Waals surface area contributed by atoms with E-state index in [1.807, 2.05) is 53.7 Å². The number of nitrogens with zero attached hydrogens (tertiary/aromatic N) is 2. The zero-order valence-corrected chi connectivity index (χ0v) is 31.4. The van der Waals surface area contributed by atoms with Crippen molar-refractivity contribution in [2.24, 2.45) is 17.4 Å². The van der Waals surface area contributed by atoms with E-state index in [4.69, 9.17) is 41.8 Å². The Labute approximate surface area is 293 Å². The monoisotopic (exact) mass is 689 g/mol. The Morgan fingerprint density at radius 3 is 1.88 bits per heavy atom. The van der Waals surface area contributed by atoms with Crippen LogP contribution in [0.25, 0.3) is 0 Å². The van der Waals surface area contributed by atoms with Gasteiger partial charge in [-0.05, 0) is 88.5 Å². The number of nitrogens with two attached hydrogens (primary N) is 2. The number of hydrogen-bond acceptors (Lipinski definition) is 11. The molecule has 1 atom stereocenters. The summed E-state index contributed by atoms with van der Waals surface area (Å²) in [5, 5.41) is 59.7. The van der Waals surface area contributed by atoms with Gasteiger partial charge in [-0.2, -0.15) is 0 Å². The van der Waals surface area contributed by atoms with Crippen LogP contribution in [0.4, 0.5) is 0 Å². The summed E-state index contributed by atoms with van der Waals surface area (Å²) < 4.78 is 0. The first-order valence-electron chi connectivity index (χ1n) is 18.1. The Bertz CT molecular complexity index is 781. The van der Waals surface area contributed by atoms with Gasteiger partial charge in [0.2, 0.25) is 0 Å². The minimum Gasteiger partial charge on any atom is -0.508 e. The predicted molar refractivity (Wildman–Crippen MR) is 202 cm³/mol. The second kappa shape index (κ2) is 39.7. The van der Waals surface area contributed by atoms with Crippen molar-refractivity contribution in [2.45, 2.75) is 118 Å². The van der Waals surface area contributed by atoms with Gasteiger partial charge in [-0.1, -0.05) is 79.4 Å². The fourth-order valence-electron chi connectivity index (χ4n) is 4.26. The lowest BCUT2D eigenvalue weighted by atomic mass is 9.84. The number of rotatable bonds is 17. The van der Waals surface area contributed by atoms with Crippen molar-refractivity contribution >= 4 is 20.2 Å². The minimum absolute atomic E-state index is 0.272. The van der Waals surface area contributed by atoms with Gasteiger partial charge in [0.15, 0.2) is 0 Å². The average Bonchev–Trinajstić information content (AvgIpc) is 3.08. The van der Waals surface area contributed by atoms with E-state index in [9.17, 15) is 9.90 Å². The number of unbranched alkanes of at least 4 members (excludes halogenated alkanes) is 2. The second-order valence-corrected chi connectivity index (χ2v) is 11.3.